The molecule has 1 aliphatic rings. The number of methoxy groups -OCH3 is 2. The Bertz CT molecular complexity index is 1110. The molecular formula is C17H17N5O4. The van der Waals surface area contributed by atoms with Gasteiger partial charge in [0.1, 0.15) is 5.82 Å². The molecular weight excluding hydrogens is 338 g/mol. The molecule has 1 aliphatic heterocycles. The number of benzene rings is 1. The molecule has 4 N–H and O–H groups in total. The second-order valence-corrected chi connectivity index (χ2v) is 5.98. The van der Waals surface area contributed by atoms with Gasteiger partial charge in [-0.25, -0.2) is 4.79 Å². The first-order chi connectivity index (χ1) is 12.5. The third-order valence-corrected chi connectivity index (χ3v) is 4.54. The molecule has 0 unspecified atom stereocenters. The summed E-state index contributed by atoms with van der Waals surface area (Å²) < 4.78 is 10.7. The van der Waals surface area contributed by atoms with E-state index in [0.717, 1.165) is 16.8 Å². The Balaban J connectivity index is 2.01. The van der Waals surface area contributed by atoms with Crippen molar-refractivity contribution in [3.8, 4) is 11.5 Å². The van der Waals surface area contributed by atoms with Crippen LogP contribution in [0.2, 0.25) is 0 Å². The molecule has 0 spiro atoms. The second-order valence-electron chi connectivity index (χ2n) is 5.98. The van der Waals surface area contributed by atoms with Gasteiger partial charge in [0.2, 0.25) is 0 Å². The minimum Gasteiger partial charge on any atom is -0.493 e. The number of nitrogens with zero attached hydrogens (tertiary/aromatic N) is 1. The lowest BCUT2D eigenvalue weighted by molar-refractivity contribution is 0.354. The molecule has 9 heteroatoms. The highest BCUT2D eigenvalue weighted by Crippen LogP contribution is 2.44. The zero-order valence-corrected chi connectivity index (χ0v) is 14.4. The molecule has 0 saturated heterocycles. The number of rotatable bonds is 3. The number of anilines is 2. The fraction of sp³-hybridized carbons (Fsp3) is 0.235. The topological polar surface area (TPSA) is 125 Å². The van der Waals surface area contributed by atoms with E-state index in [9.17, 15) is 9.59 Å². The second kappa shape index (κ2) is 5.80. The number of aromatic nitrogens is 4. The molecule has 1 atom stereocenters. The largest absolute Gasteiger partial charge is 0.493 e. The van der Waals surface area contributed by atoms with Gasteiger partial charge in [0.25, 0.3) is 5.56 Å². The van der Waals surface area contributed by atoms with Gasteiger partial charge in [-0.2, -0.15) is 5.10 Å². The third-order valence-electron chi connectivity index (χ3n) is 4.54. The molecule has 4 rings (SSSR count). The summed E-state index contributed by atoms with van der Waals surface area (Å²) >= 11 is 0. The van der Waals surface area contributed by atoms with Crippen molar-refractivity contribution >= 4 is 11.6 Å². The van der Waals surface area contributed by atoms with Crippen LogP contribution >= 0.6 is 0 Å². The Labute approximate surface area is 147 Å². The van der Waals surface area contributed by atoms with Gasteiger partial charge in [-0.3, -0.25) is 19.9 Å². The van der Waals surface area contributed by atoms with Crippen molar-refractivity contribution in [3.63, 3.8) is 0 Å². The molecule has 0 saturated carbocycles. The Morgan fingerprint density at radius 3 is 2.54 bits per heavy atom. The van der Waals surface area contributed by atoms with E-state index in [2.05, 4.69) is 25.5 Å². The van der Waals surface area contributed by atoms with E-state index in [1.807, 2.05) is 19.1 Å². The van der Waals surface area contributed by atoms with E-state index < -0.39 is 17.2 Å². The summed E-state index contributed by atoms with van der Waals surface area (Å²) in [5, 5.41) is 10.2. The summed E-state index contributed by atoms with van der Waals surface area (Å²) in [5.74, 6) is 1.60. The minimum absolute atomic E-state index is 0.331. The number of fused-ring (bicyclic) bond motifs is 2. The lowest BCUT2D eigenvalue weighted by Crippen LogP contribution is -2.31. The highest BCUT2D eigenvalue weighted by Gasteiger charge is 2.34. The number of aromatic amines is 3. The summed E-state index contributed by atoms with van der Waals surface area (Å²) in [4.78, 5) is 29.2. The monoisotopic (exact) mass is 355 g/mol. The number of aryl methyl sites for hydroxylation is 1. The van der Waals surface area contributed by atoms with Crippen LogP contribution in [0.1, 0.15) is 28.3 Å². The quantitative estimate of drug-likeness (QED) is 0.440. The van der Waals surface area contributed by atoms with Crippen LogP contribution in [-0.4, -0.2) is 34.4 Å². The normalized spacial score (nSPS) is 15.0. The smallest absolute Gasteiger partial charge is 0.327 e. The molecule has 1 aromatic carbocycles. The van der Waals surface area contributed by atoms with E-state index in [-0.39, 0.29) is 0 Å². The average Bonchev–Trinajstić information content (AvgIpc) is 2.99. The SMILES string of the molecule is COc1ccc([C@H]2c3c(n[nH]c3C)Nc3[nH]c(=O)[nH]c(=O)c32)cc1OC. The van der Waals surface area contributed by atoms with Crippen LogP contribution in [0.25, 0.3) is 0 Å². The van der Waals surface area contributed by atoms with Gasteiger partial charge in [0.05, 0.1) is 19.8 Å². The fourth-order valence-corrected chi connectivity index (χ4v) is 3.38. The van der Waals surface area contributed by atoms with Gasteiger partial charge >= 0.3 is 5.69 Å². The molecule has 2 aromatic heterocycles. The number of nitrogens with one attached hydrogen (secondary N) is 4. The van der Waals surface area contributed by atoms with Crippen molar-refractivity contribution in [2.75, 3.05) is 19.5 Å². The Hall–Kier alpha value is -3.49. The Morgan fingerprint density at radius 2 is 1.81 bits per heavy atom. The van der Waals surface area contributed by atoms with E-state index in [0.29, 0.717) is 28.7 Å². The lowest BCUT2D eigenvalue weighted by atomic mass is 9.83. The van der Waals surface area contributed by atoms with E-state index in [1.165, 1.54) is 0 Å². The van der Waals surface area contributed by atoms with Crippen LogP contribution < -0.4 is 26.0 Å². The number of hydrogen-bond acceptors (Lipinski definition) is 6. The summed E-state index contributed by atoms with van der Waals surface area (Å²) in [6.07, 6.45) is 0. The molecule has 3 heterocycles. The maximum Gasteiger partial charge on any atom is 0.327 e. The van der Waals surface area contributed by atoms with E-state index in [4.69, 9.17) is 9.47 Å². The van der Waals surface area contributed by atoms with Crippen molar-refractivity contribution in [1.29, 1.82) is 0 Å². The maximum absolute atomic E-state index is 12.6. The number of ether oxygens (including phenoxy) is 2. The van der Waals surface area contributed by atoms with Gasteiger partial charge in [-0.15, -0.1) is 0 Å². The van der Waals surface area contributed by atoms with Gasteiger partial charge in [-0.1, -0.05) is 6.07 Å². The first kappa shape index (κ1) is 16.0. The molecule has 0 fully saturated rings. The average molecular weight is 355 g/mol. The minimum atomic E-state index is -0.581. The first-order valence-electron chi connectivity index (χ1n) is 7.93. The lowest BCUT2D eigenvalue weighted by Gasteiger charge is -2.26. The summed E-state index contributed by atoms with van der Waals surface area (Å²) in [7, 11) is 3.11. The van der Waals surface area contributed by atoms with Crippen LogP contribution in [0.3, 0.4) is 0 Å². The Kier molecular flexibility index (Phi) is 3.57. The molecule has 3 aromatic rings. The molecule has 0 bridgehead atoms. The van der Waals surface area contributed by atoms with E-state index in [1.54, 1.807) is 20.3 Å². The molecule has 0 aliphatic carbocycles. The van der Waals surface area contributed by atoms with E-state index >= 15 is 0 Å². The van der Waals surface area contributed by atoms with Crippen molar-refractivity contribution < 1.29 is 9.47 Å². The molecule has 26 heavy (non-hydrogen) atoms. The maximum atomic E-state index is 12.6. The van der Waals surface area contributed by atoms with Crippen LogP contribution in [0.15, 0.2) is 27.8 Å². The van der Waals surface area contributed by atoms with Gasteiger partial charge in [0, 0.05) is 17.2 Å². The summed E-state index contributed by atoms with van der Waals surface area (Å²) in [6, 6.07) is 5.46. The highest BCUT2D eigenvalue weighted by molar-refractivity contribution is 5.71. The van der Waals surface area contributed by atoms with Crippen LogP contribution in [0.4, 0.5) is 11.6 Å². The van der Waals surface area contributed by atoms with Crippen molar-refractivity contribution in [3.05, 3.63) is 61.4 Å². The molecule has 9 nitrogen and oxygen atoms in total. The molecule has 0 radical (unpaired) electrons. The first-order valence-corrected chi connectivity index (χ1v) is 7.93. The zero-order valence-electron chi connectivity index (χ0n) is 14.4. The van der Waals surface area contributed by atoms with Crippen LogP contribution in [0.5, 0.6) is 11.5 Å². The standard InChI is InChI=1S/C17H17N5O4/c1-7-11-12(8-4-5-9(25-2)10(6-8)26-3)13-14(18-15(11)22-21-7)19-17(24)20-16(13)23/h4-6,12H,1-3H3,(H4,18,19,20,21,22,23,24)/t12-/m0/s1. The summed E-state index contributed by atoms with van der Waals surface area (Å²) in [6.45, 7) is 1.88. The van der Waals surface area contributed by atoms with Crippen LogP contribution in [0, 0.1) is 6.92 Å². The van der Waals surface area contributed by atoms with Crippen molar-refractivity contribution in [1.82, 2.24) is 20.2 Å². The predicted octanol–water partition coefficient (Wildman–Crippen LogP) is 1.35. The van der Waals surface area contributed by atoms with Crippen LogP contribution in [-0.2, 0) is 0 Å². The Morgan fingerprint density at radius 1 is 1.04 bits per heavy atom. The van der Waals surface area contributed by atoms with Crippen molar-refractivity contribution in [2.45, 2.75) is 12.8 Å². The number of hydrogen-bond donors (Lipinski definition) is 4. The van der Waals surface area contributed by atoms with Gasteiger partial charge in [-0.05, 0) is 24.6 Å². The van der Waals surface area contributed by atoms with Gasteiger partial charge in [0.15, 0.2) is 17.3 Å². The molecule has 134 valence electrons. The fourth-order valence-electron chi connectivity index (χ4n) is 3.38. The number of H-pyrrole nitrogens is 3. The van der Waals surface area contributed by atoms with Gasteiger partial charge < -0.3 is 14.8 Å². The van der Waals surface area contributed by atoms with Crippen molar-refractivity contribution in [2.24, 2.45) is 0 Å². The third kappa shape index (κ3) is 2.28. The zero-order chi connectivity index (χ0) is 18.4. The molecule has 0 amide bonds. The summed E-state index contributed by atoms with van der Waals surface area (Å²) in [5.41, 5.74) is 1.85. The predicted molar refractivity (Wildman–Crippen MR) is 94.8 cm³/mol. The highest BCUT2D eigenvalue weighted by atomic mass is 16.5.